The third kappa shape index (κ3) is 7.00. The van der Waals surface area contributed by atoms with Gasteiger partial charge in [0, 0.05) is 28.4 Å². The zero-order valence-electron chi connectivity index (χ0n) is 24.0. The molecule has 46 heavy (non-hydrogen) atoms. The number of amides is 1. The van der Waals surface area contributed by atoms with E-state index < -0.39 is 16.8 Å². The quantitative estimate of drug-likeness (QED) is 0.0770. The van der Waals surface area contributed by atoms with Crippen LogP contribution in [0.3, 0.4) is 0 Å². The fourth-order valence-corrected chi connectivity index (χ4v) is 7.13. The highest BCUT2D eigenvalue weighted by Gasteiger charge is 2.34. The first-order valence-electron chi connectivity index (χ1n) is 14.2. The molecule has 2 aromatic heterocycles. The number of aromatic nitrogens is 2. The number of hydrogen-bond acceptors (Lipinski definition) is 8. The predicted molar refractivity (Wildman–Crippen MR) is 172 cm³/mol. The molecular formula is C33H24F3N5O3S2. The van der Waals surface area contributed by atoms with Gasteiger partial charge in [0.15, 0.2) is 5.16 Å². The number of para-hydroxylation sites is 1. The Kier molecular flexibility index (Phi) is 8.95. The fraction of sp³-hybridized carbons (Fsp3) is 0.152. The Hall–Kier alpha value is -4.88. The van der Waals surface area contributed by atoms with Gasteiger partial charge in [-0.15, -0.1) is 11.3 Å². The van der Waals surface area contributed by atoms with Gasteiger partial charge in [0.2, 0.25) is 0 Å². The van der Waals surface area contributed by atoms with Crippen molar-refractivity contribution in [1.29, 1.82) is 0 Å². The van der Waals surface area contributed by atoms with Crippen LogP contribution < -0.4 is 5.32 Å². The normalized spacial score (nSPS) is 13.0. The van der Waals surface area contributed by atoms with Crippen LogP contribution in [0.15, 0.2) is 100.0 Å². The van der Waals surface area contributed by atoms with E-state index in [1.807, 2.05) is 18.2 Å². The minimum Gasteiger partial charge on any atom is -0.322 e. The lowest BCUT2D eigenvalue weighted by Crippen LogP contribution is -2.14. The third-order valence-electron chi connectivity index (χ3n) is 7.19. The molecule has 1 N–H and O–H groups in total. The Morgan fingerprint density at radius 2 is 1.70 bits per heavy atom. The van der Waals surface area contributed by atoms with Crippen molar-refractivity contribution in [3.63, 3.8) is 0 Å². The van der Waals surface area contributed by atoms with Gasteiger partial charge in [-0.1, -0.05) is 54.6 Å². The number of nitrogens with zero attached hydrogens (tertiary/aromatic N) is 4. The largest absolute Gasteiger partial charge is 0.433 e. The van der Waals surface area contributed by atoms with Gasteiger partial charge in [-0.2, -0.15) is 13.2 Å². The van der Waals surface area contributed by atoms with Crippen molar-refractivity contribution < 1.29 is 22.9 Å². The van der Waals surface area contributed by atoms with E-state index in [4.69, 9.17) is 0 Å². The number of hydrogen-bond donors (Lipinski definition) is 1. The molecule has 13 heteroatoms. The maximum absolute atomic E-state index is 13.7. The highest BCUT2D eigenvalue weighted by Crippen LogP contribution is 2.41. The van der Waals surface area contributed by atoms with Gasteiger partial charge in [0.1, 0.15) is 10.7 Å². The number of thiophene rings is 1. The summed E-state index contributed by atoms with van der Waals surface area (Å²) < 4.78 is 41.1. The summed E-state index contributed by atoms with van der Waals surface area (Å²) in [6.45, 7) is 0. The lowest BCUT2D eigenvalue weighted by molar-refractivity contribution is -0.387. The van der Waals surface area contributed by atoms with E-state index in [1.165, 1.54) is 29.7 Å². The number of aryl methyl sites for hydroxylation is 1. The van der Waals surface area contributed by atoms with Gasteiger partial charge >= 0.3 is 6.18 Å². The Labute approximate surface area is 269 Å². The van der Waals surface area contributed by atoms with E-state index in [9.17, 15) is 28.1 Å². The first-order chi connectivity index (χ1) is 22.2. The maximum Gasteiger partial charge on any atom is 0.433 e. The Bertz CT molecular complexity index is 1950. The van der Waals surface area contributed by atoms with E-state index in [0.29, 0.717) is 39.1 Å². The lowest BCUT2D eigenvalue weighted by atomic mass is 9.95. The molecule has 0 unspecified atom stereocenters. The molecule has 2 heterocycles. The summed E-state index contributed by atoms with van der Waals surface area (Å²) in [6, 6.07) is 22.6. The molecule has 0 bridgehead atoms. The highest BCUT2D eigenvalue weighted by atomic mass is 32.2. The molecule has 8 nitrogen and oxygen atoms in total. The molecule has 5 aromatic rings. The van der Waals surface area contributed by atoms with Crippen molar-refractivity contribution in [2.24, 2.45) is 4.99 Å². The zero-order chi connectivity index (χ0) is 32.3. The summed E-state index contributed by atoms with van der Waals surface area (Å²) in [7, 11) is 0. The standard InChI is InChI=1S/C33H24F3N5O3S2/c34-33(35,36)28-18-24(21-9-3-1-4-10-21)39-32(40-28)46-27-16-15-20(17-25(27)41(43)44)19-37-31-29(23-13-7-8-14-26(23)45-31)30(42)38-22-11-5-2-6-12-22/h1-6,9-12,15-19H,7-8,13-14H2,(H,38,42)/b37-19-. The molecule has 0 atom stereocenters. The van der Waals surface area contributed by atoms with Crippen LogP contribution in [0.4, 0.5) is 29.5 Å². The van der Waals surface area contributed by atoms with E-state index in [2.05, 4.69) is 20.3 Å². The van der Waals surface area contributed by atoms with E-state index in [1.54, 1.807) is 48.5 Å². The van der Waals surface area contributed by atoms with Crippen molar-refractivity contribution in [2.75, 3.05) is 5.32 Å². The number of rotatable bonds is 8. The number of benzene rings is 3. The molecule has 0 aliphatic heterocycles. The minimum atomic E-state index is -4.74. The smallest absolute Gasteiger partial charge is 0.322 e. The summed E-state index contributed by atoms with van der Waals surface area (Å²) in [4.78, 5) is 38.5. The van der Waals surface area contributed by atoms with Crippen LogP contribution in [-0.4, -0.2) is 27.0 Å². The third-order valence-corrected chi connectivity index (χ3v) is 9.32. The second-order valence-electron chi connectivity index (χ2n) is 10.3. The van der Waals surface area contributed by atoms with Crippen molar-refractivity contribution in [3.05, 3.63) is 122 Å². The number of aliphatic imine (C=N–C) groups is 1. The number of nitrogens with one attached hydrogen (secondary N) is 1. The first-order valence-corrected chi connectivity index (χ1v) is 15.8. The molecule has 0 fully saturated rings. The molecule has 3 aromatic carbocycles. The fourth-order valence-electron chi connectivity index (χ4n) is 5.04. The summed E-state index contributed by atoms with van der Waals surface area (Å²) in [5, 5.41) is 15.2. The summed E-state index contributed by atoms with van der Waals surface area (Å²) >= 11 is 2.10. The molecule has 0 radical (unpaired) electrons. The molecule has 1 aliphatic rings. The Morgan fingerprint density at radius 1 is 0.978 bits per heavy atom. The topological polar surface area (TPSA) is 110 Å². The molecule has 0 spiro atoms. The van der Waals surface area contributed by atoms with Crippen LogP contribution in [0.25, 0.3) is 11.3 Å². The second kappa shape index (κ2) is 13.2. The average molecular weight is 660 g/mol. The van der Waals surface area contributed by atoms with E-state index in [-0.39, 0.29) is 27.3 Å². The molecule has 0 saturated heterocycles. The lowest BCUT2D eigenvalue weighted by Gasteiger charge is -2.12. The van der Waals surface area contributed by atoms with Gasteiger partial charge in [0.25, 0.3) is 11.6 Å². The molecule has 1 amide bonds. The first kappa shape index (κ1) is 31.1. The number of fused-ring (bicyclic) bond motifs is 1. The van der Waals surface area contributed by atoms with Gasteiger partial charge in [-0.3, -0.25) is 14.9 Å². The number of carbonyl (C=O) groups excluding carboxylic acids is 1. The summed E-state index contributed by atoms with van der Waals surface area (Å²) in [5.74, 6) is -0.272. The summed E-state index contributed by atoms with van der Waals surface area (Å²) in [5.41, 5.74) is 1.51. The highest BCUT2D eigenvalue weighted by molar-refractivity contribution is 7.99. The number of alkyl halides is 3. The van der Waals surface area contributed by atoms with Crippen LogP contribution in [0.5, 0.6) is 0 Å². The van der Waals surface area contributed by atoms with Crippen LogP contribution >= 0.6 is 23.1 Å². The Balaban J connectivity index is 1.31. The van der Waals surface area contributed by atoms with Crippen molar-refractivity contribution in [3.8, 4) is 11.3 Å². The molecular weight excluding hydrogens is 636 g/mol. The van der Waals surface area contributed by atoms with Gasteiger partial charge in [-0.05, 0) is 72.8 Å². The van der Waals surface area contributed by atoms with E-state index >= 15 is 0 Å². The monoisotopic (exact) mass is 659 g/mol. The minimum absolute atomic E-state index is 0.0441. The number of halogens is 3. The van der Waals surface area contributed by atoms with Crippen LogP contribution in [0.2, 0.25) is 0 Å². The molecule has 232 valence electrons. The van der Waals surface area contributed by atoms with Gasteiger partial charge in [0.05, 0.1) is 21.1 Å². The van der Waals surface area contributed by atoms with E-state index in [0.717, 1.165) is 42.2 Å². The SMILES string of the molecule is O=C(Nc1ccccc1)c1c(/N=C\c2ccc(Sc3nc(-c4ccccc4)cc(C(F)(F)F)n3)c([N+](=O)[O-])c2)sc2c1CCCC2. The van der Waals surface area contributed by atoms with Crippen LogP contribution in [-0.2, 0) is 19.0 Å². The summed E-state index contributed by atoms with van der Waals surface area (Å²) in [6.07, 6.45) is 0.302. The molecule has 6 rings (SSSR count). The van der Waals surface area contributed by atoms with Crippen LogP contribution in [0.1, 0.15) is 44.9 Å². The second-order valence-corrected chi connectivity index (χ2v) is 12.4. The molecule has 1 aliphatic carbocycles. The molecule has 0 saturated carbocycles. The van der Waals surface area contributed by atoms with Gasteiger partial charge in [-0.25, -0.2) is 15.0 Å². The maximum atomic E-state index is 13.7. The number of anilines is 1. The van der Waals surface area contributed by atoms with Crippen molar-refractivity contribution >= 4 is 51.6 Å². The van der Waals surface area contributed by atoms with Gasteiger partial charge < -0.3 is 5.32 Å². The number of carbonyl (C=O) groups is 1. The predicted octanol–water partition coefficient (Wildman–Crippen LogP) is 9.16. The average Bonchev–Trinajstić information content (AvgIpc) is 3.43. The zero-order valence-corrected chi connectivity index (χ0v) is 25.6. The van der Waals surface area contributed by atoms with Crippen molar-refractivity contribution in [1.82, 2.24) is 9.97 Å². The number of nitro groups is 1. The van der Waals surface area contributed by atoms with Crippen LogP contribution in [0, 0.1) is 10.1 Å². The Morgan fingerprint density at radius 3 is 2.41 bits per heavy atom. The van der Waals surface area contributed by atoms with Crippen molar-refractivity contribution in [2.45, 2.75) is 41.9 Å². The number of nitro benzene ring substituents is 1.